The second kappa shape index (κ2) is 6.43. The first kappa shape index (κ1) is 25.9. The third kappa shape index (κ3) is 3.13. The second-order valence-electron chi connectivity index (χ2n) is 6.34. The van der Waals surface area contributed by atoms with Gasteiger partial charge in [0.2, 0.25) is 0 Å². The van der Waals surface area contributed by atoms with Crippen LogP contribution >= 0.6 is 0 Å². The predicted octanol–water partition coefficient (Wildman–Crippen LogP) is 4.55. The minimum Gasteiger partial charge on any atom is -0.383 e. The second-order valence-corrected chi connectivity index (χ2v) is 6.34. The number of rotatable bonds is 9. The van der Waals surface area contributed by atoms with E-state index in [2.05, 4.69) is 4.74 Å². The van der Waals surface area contributed by atoms with Crippen LogP contribution in [0, 0.1) is 0 Å². The lowest BCUT2D eigenvalue weighted by Crippen LogP contribution is -2.74. The van der Waals surface area contributed by atoms with Crippen molar-refractivity contribution in [3.05, 3.63) is 0 Å². The van der Waals surface area contributed by atoms with Crippen LogP contribution in [0.25, 0.3) is 0 Å². The number of hydrogen-bond acceptors (Lipinski definition) is 2. The zero-order chi connectivity index (χ0) is 23.7. The lowest BCUT2D eigenvalue weighted by atomic mass is 9.85. The van der Waals surface area contributed by atoms with E-state index < -0.39 is 66.4 Å². The molecule has 1 aliphatic heterocycles. The molecule has 174 valence electrons. The van der Waals surface area contributed by atoms with Gasteiger partial charge in [0.15, 0.2) is 12.8 Å². The molecule has 2 unspecified atom stereocenters. The van der Waals surface area contributed by atoms with Gasteiger partial charge in [-0.3, -0.25) is 0 Å². The average Bonchev–Trinajstić information content (AvgIpc) is 3.31. The van der Waals surface area contributed by atoms with Crippen LogP contribution in [0.3, 0.4) is 0 Å². The zero-order valence-electron chi connectivity index (χ0n) is 13.5. The van der Waals surface area contributed by atoms with Gasteiger partial charge in [-0.2, -0.15) is 61.5 Å². The van der Waals surface area contributed by atoms with Crippen LogP contribution in [0.1, 0.15) is 6.92 Å². The topological polar surface area (TPSA) is 32.8 Å². The van der Waals surface area contributed by atoms with Crippen LogP contribution in [0.5, 0.6) is 0 Å². The summed E-state index contributed by atoms with van der Waals surface area (Å²) in [5.41, 5.74) is -2.72. The van der Waals surface area contributed by atoms with Gasteiger partial charge in [0.25, 0.3) is 0 Å². The molecule has 0 aromatic heterocycles. The third-order valence-electron chi connectivity index (χ3n) is 4.14. The van der Waals surface area contributed by atoms with Crippen molar-refractivity contribution >= 4 is 0 Å². The van der Waals surface area contributed by atoms with Crippen molar-refractivity contribution in [2.75, 3.05) is 13.3 Å². The number of aliphatic hydroxyl groups excluding tert-OH is 1. The number of alkyl halides is 15. The largest absolute Gasteiger partial charge is 0.384 e. The summed E-state index contributed by atoms with van der Waals surface area (Å²) in [6.07, 6.45) is -4.03. The van der Waals surface area contributed by atoms with Crippen molar-refractivity contribution in [1.29, 1.82) is 0 Å². The fourth-order valence-electron chi connectivity index (χ4n) is 1.94. The van der Waals surface area contributed by atoms with E-state index in [-0.39, 0.29) is 0 Å². The van der Waals surface area contributed by atoms with Gasteiger partial charge in [-0.25, -0.2) is 4.39 Å². The Labute approximate surface area is 150 Å². The molecule has 1 heterocycles. The van der Waals surface area contributed by atoms with Crippen molar-refractivity contribution in [3.8, 4) is 0 Å². The van der Waals surface area contributed by atoms with E-state index in [0.717, 1.165) is 0 Å². The van der Waals surface area contributed by atoms with Gasteiger partial charge < -0.3 is 9.84 Å². The Morgan fingerprint density at radius 2 is 1.03 bits per heavy atom. The lowest BCUT2D eigenvalue weighted by Gasteiger charge is -2.43. The van der Waals surface area contributed by atoms with E-state index in [0.29, 0.717) is 6.92 Å². The van der Waals surface area contributed by atoms with E-state index in [4.69, 9.17) is 5.11 Å². The number of hydrogen-bond donors (Lipinski definition) is 1. The highest BCUT2D eigenvalue weighted by Gasteiger charge is 2.93. The Hall–Kier alpha value is -1.13. The third-order valence-corrected chi connectivity index (χ3v) is 4.14. The zero-order valence-corrected chi connectivity index (χ0v) is 13.5. The molecule has 0 amide bonds. The average molecular weight is 470 g/mol. The highest BCUT2D eigenvalue weighted by Crippen LogP contribution is 2.63. The normalized spacial score (nSPS) is 23.9. The molecule has 0 aromatic carbocycles. The molecular weight excluding hydrogens is 461 g/mol. The van der Waals surface area contributed by atoms with E-state index in [1.54, 1.807) is 0 Å². The molecule has 1 rings (SSSR count). The van der Waals surface area contributed by atoms with Gasteiger partial charge in [-0.15, -0.1) is 0 Å². The maximum absolute atomic E-state index is 13.6. The smallest absolute Gasteiger partial charge is 0.383 e. The maximum atomic E-state index is 13.6. The number of halogens is 15. The molecule has 1 fully saturated rings. The van der Waals surface area contributed by atoms with Crippen LogP contribution in [-0.2, 0) is 4.74 Å². The summed E-state index contributed by atoms with van der Waals surface area (Å²) in [7, 11) is 0. The first-order chi connectivity index (χ1) is 12.4. The molecule has 0 bridgehead atoms. The minimum absolute atomic E-state index is 0.391. The van der Waals surface area contributed by atoms with Gasteiger partial charge in [-0.05, 0) is 6.92 Å². The molecule has 1 aliphatic rings. The van der Waals surface area contributed by atoms with Crippen molar-refractivity contribution in [2.24, 2.45) is 0 Å². The van der Waals surface area contributed by atoms with Gasteiger partial charge in [0.05, 0.1) is 6.61 Å². The van der Waals surface area contributed by atoms with Gasteiger partial charge >= 0.3 is 41.5 Å². The first-order valence-electron chi connectivity index (χ1n) is 6.95. The van der Waals surface area contributed by atoms with Crippen LogP contribution in [0.15, 0.2) is 0 Å². The summed E-state index contributed by atoms with van der Waals surface area (Å²) < 4.78 is 202. The van der Waals surface area contributed by atoms with Crippen molar-refractivity contribution in [1.82, 2.24) is 0 Å². The molecule has 2 nitrogen and oxygen atoms in total. The van der Waals surface area contributed by atoms with Crippen molar-refractivity contribution in [2.45, 2.75) is 60.1 Å². The fraction of sp³-hybridized carbons (Fsp3) is 1.00. The Kier molecular flexibility index (Phi) is 5.75. The number of epoxide rings is 1. The van der Waals surface area contributed by atoms with E-state index in [1.165, 1.54) is 0 Å². The summed E-state index contributed by atoms with van der Waals surface area (Å²) in [5.74, 6) is -53.5. The molecule has 0 aromatic rings. The maximum Gasteiger partial charge on any atom is 0.384 e. The summed E-state index contributed by atoms with van der Waals surface area (Å²) in [6, 6.07) is 0. The molecule has 29 heavy (non-hydrogen) atoms. The first-order valence-corrected chi connectivity index (χ1v) is 6.95. The molecule has 2 atom stereocenters. The fourth-order valence-corrected chi connectivity index (χ4v) is 1.94. The highest BCUT2D eigenvalue weighted by molar-refractivity contribution is 5.17. The predicted molar refractivity (Wildman–Crippen MR) is 61.0 cm³/mol. The van der Waals surface area contributed by atoms with E-state index in [9.17, 15) is 65.9 Å². The minimum atomic E-state index is -8.29. The van der Waals surface area contributed by atoms with Gasteiger partial charge in [-0.1, -0.05) is 0 Å². The molecule has 0 aliphatic carbocycles. The van der Waals surface area contributed by atoms with E-state index in [1.807, 2.05) is 0 Å². The Morgan fingerprint density at radius 1 is 0.724 bits per heavy atom. The van der Waals surface area contributed by atoms with Gasteiger partial charge in [0, 0.05) is 0 Å². The summed E-state index contributed by atoms with van der Waals surface area (Å²) in [6.45, 7) is -4.43. The number of ether oxygens (including phenoxy) is 1. The molecule has 17 heteroatoms. The molecule has 0 radical (unpaired) electrons. The quantitative estimate of drug-likeness (QED) is 0.396. The van der Waals surface area contributed by atoms with Crippen LogP contribution in [0.2, 0.25) is 0 Å². The monoisotopic (exact) mass is 470 g/mol. The Bertz CT molecular complexity index is 625. The van der Waals surface area contributed by atoms with Crippen LogP contribution in [0.4, 0.5) is 65.9 Å². The SMILES string of the molecule is CC1(C(O)C(F)(F)C(F)(F)C(F)(F)C(F)(F)C(F)(F)C(F)(F)C(F)(F)CF)CO1. The number of aliphatic hydroxyl groups is 1. The molecule has 1 N–H and O–H groups in total. The molecule has 0 spiro atoms. The standard InChI is InChI=1S/C12H9F15O2/c1-5(3-29-5)4(28)7(16,17)9(20,21)11(24,25)12(26,27)10(22,23)8(18,19)6(14,15)2-13/h4,28H,2-3H2,1H3. The lowest BCUT2D eigenvalue weighted by molar-refractivity contribution is -0.446. The molecule has 0 saturated carbocycles. The Morgan fingerprint density at radius 3 is 1.34 bits per heavy atom. The summed E-state index contributed by atoms with van der Waals surface area (Å²) >= 11 is 0. The van der Waals surface area contributed by atoms with Crippen LogP contribution in [-0.4, -0.2) is 71.6 Å². The summed E-state index contributed by atoms with van der Waals surface area (Å²) in [5, 5.41) is 9.03. The van der Waals surface area contributed by atoms with Crippen LogP contribution < -0.4 is 0 Å². The van der Waals surface area contributed by atoms with Crippen molar-refractivity contribution < 1.29 is 75.7 Å². The summed E-state index contributed by atoms with van der Waals surface area (Å²) in [4.78, 5) is 0. The van der Waals surface area contributed by atoms with E-state index >= 15 is 0 Å². The molecular formula is C12H9F15O2. The molecule has 1 saturated heterocycles. The van der Waals surface area contributed by atoms with Gasteiger partial charge in [0.1, 0.15) is 5.60 Å². The Balaban J connectivity index is 3.54. The van der Waals surface area contributed by atoms with Crippen molar-refractivity contribution in [3.63, 3.8) is 0 Å². The highest BCUT2D eigenvalue weighted by atomic mass is 19.4.